The van der Waals surface area contributed by atoms with Gasteiger partial charge in [-0.1, -0.05) is 42.5 Å². The first-order valence-corrected chi connectivity index (χ1v) is 7.90. The van der Waals surface area contributed by atoms with Crippen molar-refractivity contribution in [1.82, 2.24) is 4.98 Å². The van der Waals surface area contributed by atoms with E-state index in [1.165, 1.54) is 6.08 Å². The molecule has 5 nitrogen and oxygen atoms in total. The predicted octanol–water partition coefficient (Wildman–Crippen LogP) is 3.90. The van der Waals surface area contributed by atoms with E-state index in [1.54, 1.807) is 6.07 Å². The Morgan fingerprint density at radius 3 is 2.56 bits per heavy atom. The highest BCUT2D eigenvalue weighted by Crippen LogP contribution is 2.30. The highest BCUT2D eigenvalue weighted by Gasteiger charge is 2.12. The molecule has 25 heavy (non-hydrogen) atoms. The summed E-state index contributed by atoms with van der Waals surface area (Å²) in [5, 5.41) is 20.4. The molecule has 0 radical (unpaired) electrons. The second kappa shape index (κ2) is 6.93. The number of hydrogen-bond acceptors (Lipinski definition) is 3. The van der Waals surface area contributed by atoms with E-state index < -0.39 is 0 Å². The van der Waals surface area contributed by atoms with Crippen LogP contribution in [0.1, 0.15) is 24.2 Å². The number of para-hydroxylation sites is 1. The number of aromatic nitrogens is 1. The third kappa shape index (κ3) is 3.38. The first kappa shape index (κ1) is 16.3. The Morgan fingerprint density at radius 2 is 1.88 bits per heavy atom. The fourth-order valence-corrected chi connectivity index (χ4v) is 2.64. The Kier molecular flexibility index (Phi) is 4.53. The minimum Gasteiger partial charge on any atom is -0.505 e. The molecule has 2 aromatic carbocycles. The van der Waals surface area contributed by atoms with Gasteiger partial charge in [-0.2, -0.15) is 5.26 Å². The lowest BCUT2D eigenvalue weighted by Gasteiger charge is -2.08. The maximum atomic E-state index is 10.3. The van der Waals surface area contributed by atoms with Crippen molar-refractivity contribution in [3.8, 4) is 11.8 Å². The van der Waals surface area contributed by atoms with Gasteiger partial charge in [-0.3, -0.25) is 4.99 Å². The van der Waals surface area contributed by atoms with E-state index in [2.05, 4.69) is 16.0 Å². The Morgan fingerprint density at radius 1 is 1.20 bits per heavy atom. The van der Waals surface area contributed by atoms with E-state index in [0.717, 1.165) is 11.1 Å². The van der Waals surface area contributed by atoms with Crippen LogP contribution in [0.25, 0.3) is 17.0 Å². The predicted molar refractivity (Wildman–Crippen MR) is 100 cm³/mol. The summed E-state index contributed by atoms with van der Waals surface area (Å²) >= 11 is 0. The maximum absolute atomic E-state index is 10.3. The average molecular weight is 330 g/mol. The largest absolute Gasteiger partial charge is 0.505 e. The molecule has 3 aromatic rings. The molecule has 0 fully saturated rings. The Balaban J connectivity index is 1.95. The van der Waals surface area contributed by atoms with Crippen LogP contribution in [0.15, 0.2) is 65.2 Å². The summed E-state index contributed by atoms with van der Waals surface area (Å²) in [6.07, 6.45) is 1.52. The van der Waals surface area contributed by atoms with Crippen molar-refractivity contribution in [2.45, 2.75) is 13.0 Å². The van der Waals surface area contributed by atoms with Crippen LogP contribution in [-0.2, 0) is 0 Å². The summed E-state index contributed by atoms with van der Waals surface area (Å²) in [7, 11) is 0. The number of aromatic amines is 1. The van der Waals surface area contributed by atoms with Gasteiger partial charge in [0.25, 0.3) is 0 Å². The molecular formula is C20H18N4O. The fourth-order valence-electron chi connectivity index (χ4n) is 2.64. The van der Waals surface area contributed by atoms with Gasteiger partial charge in [0.15, 0.2) is 0 Å². The Hall–Kier alpha value is -3.52. The summed E-state index contributed by atoms with van der Waals surface area (Å²) < 4.78 is 0. The number of aliphatic imine (C=N–C) groups is 1. The van der Waals surface area contributed by atoms with Crippen molar-refractivity contribution in [3.05, 3.63) is 71.4 Å². The standard InChI is InChI=1S/C20H18N4O/c1-13(14-7-3-2-4-8-14)23-20(22)15(12-21)11-18-19(25)16-9-5-6-10-17(16)24-18/h2-11,13,24-25H,1H3,(H2,22,23)/b15-11+. The molecule has 5 heteroatoms. The second-order valence-corrected chi connectivity index (χ2v) is 5.70. The number of benzene rings is 2. The molecule has 0 aliphatic carbocycles. The molecule has 0 saturated carbocycles. The quantitative estimate of drug-likeness (QED) is 0.384. The number of rotatable bonds is 4. The van der Waals surface area contributed by atoms with Gasteiger partial charge in [0.05, 0.1) is 17.3 Å². The lowest BCUT2D eigenvalue weighted by atomic mass is 10.1. The van der Waals surface area contributed by atoms with Gasteiger partial charge >= 0.3 is 0 Å². The molecular weight excluding hydrogens is 312 g/mol. The third-order valence-electron chi connectivity index (χ3n) is 4.01. The number of nitrogens with two attached hydrogens (primary N) is 1. The van der Waals surface area contributed by atoms with Gasteiger partial charge in [-0.25, -0.2) is 0 Å². The van der Waals surface area contributed by atoms with Crippen LogP contribution in [0, 0.1) is 11.3 Å². The molecule has 4 N–H and O–H groups in total. The monoisotopic (exact) mass is 330 g/mol. The number of nitrogens with one attached hydrogen (secondary N) is 1. The van der Waals surface area contributed by atoms with Crippen LogP contribution >= 0.6 is 0 Å². The number of hydrogen-bond donors (Lipinski definition) is 3. The molecule has 1 atom stereocenters. The summed E-state index contributed by atoms with van der Waals surface area (Å²) in [4.78, 5) is 7.49. The van der Waals surface area contributed by atoms with Crippen LogP contribution in [-0.4, -0.2) is 15.9 Å². The number of H-pyrrole nitrogens is 1. The van der Waals surface area contributed by atoms with Crippen LogP contribution in [0.3, 0.4) is 0 Å². The van der Waals surface area contributed by atoms with Crippen molar-refractivity contribution >= 4 is 22.8 Å². The van der Waals surface area contributed by atoms with Crippen LogP contribution in [0.2, 0.25) is 0 Å². The molecule has 0 bridgehead atoms. The zero-order valence-corrected chi connectivity index (χ0v) is 13.8. The fraction of sp³-hybridized carbons (Fsp3) is 0.100. The molecule has 0 spiro atoms. The number of aromatic hydroxyl groups is 1. The second-order valence-electron chi connectivity index (χ2n) is 5.70. The van der Waals surface area contributed by atoms with Crippen molar-refractivity contribution in [1.29, 1.82) is 5.26 Å². The van der Waals surface area contributed by atoms with Gasteiger partial charge < -0.3 is 15.8 Å². The molecule has 0 aliphatic rings. The lowest BCUT2D eigenvalue weighted by molar-refractivity contribution is 0.480. The molecule has 0 amide bonds. The number of nitriles is 1. The van der Waals surface area contributed by atoms with Crippen molar-refractivity contribution in [3.63, 3.8) is 0 Å². The van der Waals surface area contributed by atoms with Crippen LogP contribution in [0.4, 0.5) is 0 Å². The van der Waals surface area contributed by atoms with E-state index in [0.29, 0.717) is 11.1 Å². The minimum absolute atomic E-state index is 0.0901. The zero-order valence-electron chi connectivity index (χ0n) is 13.8. The first-order valence-electron chi connectivity index (χ1n) is 7.90. The van der Waals surface area contributed by atoms with E-state index >= 15 is 0 Å². The molecule has 1 aromatic heterocycles. The van der Waals surface area contributed by atoms with Gasteiger partial charge in [-0.15, -0.1) is 0 Å². The van der Waals surface area contributed by atoms with E-state index in [-0.39, 0.29) is 23.2 Å². The summed E-state index contributed by atoms with van der Waals surface area (Å²) in [5.74, 6) is 0.226. The number of amidine groups is 1. The average Bonchev–Trinajstić information content (AvgIpc) is 2.96. The molecule has 0 saturated heterocycles. The third-order valence-corrected chi connectivity index (χ3v) is 4.01. The normalized spacial score (nSPS) is 13.6. The SMILES string of the molecule is CC(N=C(N)/C(C#N)=C/c1[nH]c2ccccc2c1O)c1ccccc1. The topological polar surface area (TPSA) is 98.2 Å². The van der Waals surface area contributed by atoms with Crippen molar-refractivity contribution < 1.29 is 5.11 Å². The molecule has 1 unspecified atom stereocenters. The van der Waals surface area contributed by atoms with E-state index in [4.69, 9.17) is 5.73 Å². The Labute approximate surface area is 145 Å². The Bertz CT molecular complexity index is 993. The zero-order chi connectivity index (χ0) is 17.8. The van der Waals surface area contributed by atoms with Crippen molar-refractivity contribution in [2.75, 3.05) is 0 Å². The molecule has 0 aliphatic heterocycles. The number of fused-ring (bicyclic) bond motifs is 1. The van der Waals surface area contributed by atoms with Gasteiger partial charge in [0.2, 0.25) is 0 Å². The summed E-state index contributed by atoms with van der Waals surface area (Å²) in [5.41, 5.74) is 8.45. The van der Waals surface area contributed by atoms with Crippen LogP contribution < -0.4 is 5.73 Å². The minimum atomic E-state index is -0.172. The first-order chi connectivity index (χ1) is 12.1. The number of nitrogens with zero attached hydrogens (tertiary/aromatic N) is 2. The van der Waals surface area contributed by atoms with E-state index in [9.17, 15) is 10.4 Å². The van der Waals surface area contributed by atoms with E-state index in [1.807, 2.05) is 55.5 Å². The smallest absolute Gasteiger partial charge is 0.148 e. The van der Waals surface area contributed by atoms with Crippen LogP contribution in [0.5, 0.6) is 5.75 Å². The molecule has 124 valence electrons. The lowest BCUT2D eigenvalue weighted by Crippen LogP contribution is -2.15. The highest BCUT2D eigenvalue weighted by atomic mass is 16.3. The van der Waals surface area contributed by atoms with Gasteiger partial charge in [0, 0.05) is 10.9 Å². The summed E-state index contributed by atoms with van der Waals surface area (Å²) in [6.45, 7) is 1.91. The molecule has 3 rings (SSSR count). The van der Waals surface area contributed by atoms with Crippen molar-refractivity contribution in [2.24, 2.45) is 10.7 Å². The maximum Gasteiger partial charge on any atom is 0.148 e. The van der Waals surface area contributed by atoms with Gasteiger partial charge in [-0.05, 0) is 30.7 Å². The van der Waals surface area contributed by atoms with Gasteiger partial charge in [0.1, 0.15) is 17.7 Å². The summed E-state index contributed by atoms with van der Waals surface area (Å²) in [6, 6.07) is 19.0. The molecule has 1 heterocycles. The highest BCUT2D eigenvalue weighted by molar-refractivity contribution is 6.05.